The lowest BCUT2D eigenvalue weighted by Gasteiger charge is -2.43. The Morgan fingerprint density at radius 3 is 2.40 bits per heavy atom. The van der Waals surface area contributed by atoms with Crippen LogP contribution in [0.3, 0.4) is 0 Å². The van der Waals surface area contributed by atoms with Gasteiger partial charge in [0, 0.05) is 31.7 Å². The summed E-state index contributed by atoms with van der Waals surface area (Å²) in [6.45, 7) is 3.29. The number of hydrogen-bond donors (Lipinski definition) is 1. The average molecular weight is 443 g/mol. The van der Waals surface area contributed by atoms with E-state index in [2.05, 4.69) is 4.98 Å². The molecular formula is C17H21N3O9S. The van der Waals surface area contributed by atoms with Crippen LogP contribution in [-0.2, 0) is 33.3 Å². The molecule has 0 saturated carbocycles. The highest BCUT2D eigenvalue weighted by Gasteiger charge is 2.48. The molecule has 1 aliphatic heterocycles. The van der Waals surface area contributed by atoms with Crippen molar-refractivity contribution in [3.05, 3.63) is 28.4 Å². The molecular weight excluding hydrogens is 422 g/mol. The molecule has 5 atom stereocenters. The molecule has 2 heterocycles. The molecule has 13 heteroatoms. The van der Waals surface area contributed by atoms with Crippen molar-refractivity contribution >= 4 is 35.5 Å². The predicted octanol–water partition coefficient (Wildman–Crippen LogP) is 0.561. The van der Waals surface area contributed by atoms with Crippen molar-refractivity contribution in [2.45, 2.75) is 55.5 Å². The van der Waals surface area contributed by atoms with E-state index in [0.29, 0.717) is 4.90 Å². The largest absolute Gasteiger partial charge is 0.463 e. The smallest absolute Gasteiger partial charge is 0.364 e. The number of thioether (sulfide) groups is 1. The maximum atomic E-state index is 11.6. The van der Waals surface area contributed by atoms with Gasteiger partial charge in [0.05, 0.1) is 6.04 Å². The van der Waals surface area contributed by atoms with Crippen molar-refractivity contribution in [3.8, 4) is 0 Å². The van der Waals surface area contributed by atoms with Gasteiger partial charge in [0.1, 0.15) is 30.4 Å². The molecule has 1 aliphatic rings. The molecule has 2 rings (SSSR count). The summed E-state index contributed by atoms with van der Waals surface area (Å²) in [4.78, 5) is 48.7. The number of esters is 3. The van der Waals surface area contributed by atoms with Crippen molar-refractivity contribution in [2.75, 3.05) is 6.61 Å². The third-order valence-electron chi connectivity index (χ3n) is 3.91. The highest BCUT2D eigenvalue weighted by molar-refractivity contribution is 7.99. The third-order valence-corrected chi connectivity index (χ3v) is 5.05. The zero-order valence-electron chi connectivity index (χ0n) is 16.4. The maximum absolute atomic E-state index is 11.6. The second-order valence-corrected chi connectivity index (χ2v) is 7.47. The summed E-state index contributed by atoms with van der Waals surface area (Å²) in [7, 11) is 0. The third kappa shape index (κ3) is 6.37. The van der Waals surface area contributed by atoms with Gasteiger partial charge in [-0.1, -0.05) is 11.8 Å². The van der Waals surface area contributed by atoms with Gasteiger partial charge < -0.3 is 34.8 Å². The minimum absolute atomic E-state index is 0.263. The number of carbonyl (C=O) groups is 3. The Hall–Kier alpha value is -2.77. The number of nitrogens with two attached hydrogens (primary N) is 1. The summed E-state index contributed by atoms with van der Waals surface area (Å²) in [5.41, 5.74) is 5.30. The fourth-order valence-electron chi connectivity index (χ4n) is 2.75. The van der Waals surface area contributed by atoms with Gasteiger partial charge >= 0.3 is 23.7 Å². The Labute approximate surface area is 175 Å². The Morgan fingerprint density at radius 2 is 1.83 bits per heavy atom. The molecule has 1 aromatic heterocycles. The number of ether oxygens (including phenoxy) is 4. The van der Waals surface area contributed by atoms with Crippen LogP contribution in [0.25, 0.3) is 0 Å². The lowest BCUT2D eigenvalue weighted by molar-refractivity contribution is -0.389. The Balaban J connectivity index is 2.33. The summed E-state index contributed by atoms with van der Waals surface area (Å²) in [5, 5.41) is 11.0. The van der Waals surface area contributed by atoms with Gasteiger partial charge in [0.2, 0.25) is 0 Å². The number of nitro groups is 1. The molecule has 1 fully saturated rings. The number of carbonyl (C=O) groups excluding carboxylic acids is 3. The van der Waals surface area contributed by atoms with Crippen molar-refractivity contribution in [1.29, 1.82) is 0 Å². The molecule has 30 heavy (non-hydrogen) atoms. The second kappa shape index (κ2) is 10.3. The first-order chi connectivity index (χ1) is 14.1. The van der Waals surface area contributed by atoms with Crippen LogP contribution in [0.15, 0.2) is 23.2 Å². The van der Waals surface area contributed by atoms with Gasteiger partial charge in [-0.25, -0.2) is 0 Å². The van der Waals surface area contributed by atoms with Crippen LogP contribution in [0.2, 0.25) is 0 Å². The number of aromatic nitrogens is 1. The van der Waals surface area contributed by atoms with E-state index in [-0.39, 0.29) is 12.4 Å². The molecule has 0 spiro atoms. The van der Waals surface area contributed by atoms with Crippen LogP contribution in [0.5, 0.6) is 0 Å². The number of rotatable bonds is 7. The minimum Gasteiger partial charge on any atom is -0.463 e. The molecule has 1 aromatic rings. The number of nitrogens with zero attached hydrogens (tertiary/aromatic N) is 2. The minimum atomic E-state index is -1.06. The first kappa shape index (κ1) is 23.5. The molecule has 0 aliphatic carbocycles. The van der Waals surface area contributed by atoms with Gasteiger partial charge in [-0.15, -0.1) is 0 Å². The Bertz CT molecular complexity index is 819. The lowest BCUT2D eigenvalue weighted by Crippen LogP contribution is -2.63. The summed E-state index contributed by atoms with van der Waals surface area (Å²) in [6, 6.07) is 1.72. The van der Waals surface area contributed by atoms with Crippen molar-refractivity contribution in [3.63, 3.8) is 0 Å². The fraction of sp³-hybridized carbons (Fsp3) is 0.529. The molecule has 0 aromatic carbocycles. The van der Waals surface area contributed by atoms with E-state index in [4.69, 9.17) is 24.7 Å². The van der Waals surface area contributed by atoms with Gasteiger partial charge in [-0.05, 0) is 16.0 Å². The SMILES string of the molecule is CC(=O)OCC1OC(Sc2ccnc([N+](=O)[O-])c2)C(OC(C)=O)C(N)C1OC(C)=O. The van der Waals surface area contributed by atoms with E-state index in [0.717, 1.165) is 11.8 Å². The van der Waals surface area contributed by atoms with Crippen molar-refractivity contribution in [2.24, 2.45) is 5.73 Å². The average Bonchev–Trinajstić information content (AvgIpc) is 2.65. The summed E-state index contributed by atoms with van der Waals surface area (Å²) >= 11 is 1.00. The van der Waals surface area contributed by atoms with Crippen LogP contribution in [0, 0.1) is 10.1 Å². The van der Waals surface area contributed by atoms with Gasteiger partial charge in [0.15, 0.2) is 6.10 Å². The van der Waals surface area contributed by atoms with Crippen molar-refractivity contribution in [1.82, 2.24) is 4.98 Å². The van der Waals surface area contributed by atoms with E-state index < -0.39 is 52.6 Å². The maximum Gasteiger partial charge on any atom is 0.364 e. The summed E-state index contributed by atoms with van der Waals surface area (Å²) in [5.74, 6) is -2.25. The topological polar surface area (TPSA) is 170 Å². The number of hydrogen-bond acceptors (Lipinski definition) is 12. The zero-order chi connectivity index (χ0) is 22.4. The van der Waals surface area contributed by atoms with Gasteiger partial charge in [-0.2, -0.15) is 0 Å². The fourth-order valence-corrected chi connectivity index (χ4v) is 3.90. The quantitative estimate of drug-likeness (QED) is 0.269. The monoisotopic (exact) mass is 443 g/mol. The van der Waals surface area contributed by atoms with E-state index in [1.807, 2.05) is 0 Å². The van der Waals surface area contributed by atoms with E-state index in [1.54, 1.807) is 0 Å². The van der Waals surface area contributed by atoms with Crippen LogP contribution < -0.4 is 5.73 Å². The molecule has 0 bridgehead atoms. The second-order valence-electron chi connectivity index (χ2n) is 6.30. The first-order valence-corrected chi connectivity index (χ1v) is 9.62. The van der Waals surface area contributed by atoms with Crippen LogP contribution >= 0.6 is 11.8 Å². The van der Waals surface area contributed by atoms with E-state index in [9.17, 15) is 24.5 Å². The summed E-state index contributed by atoms with van der Waals surface area (Å²) in [6.07, 6.45) is -1.82. The Kier molecular flexibility index (Phi) is 8.08. The highest BCUT2D eigenvalue weighted by Crippen LogP contribution is 2.36. The Morgan fingerprint density at radius 1 is 1.20 bits per heavy atom. The number of pyridine rings is 1. The van der Waals surface area contributed by atoms with E-state index in [1.165, 1.54) is 39.1 Å². The molecule has 164 valence electrons. The zero-order valence-corrected chi connectivity index (χ0v) is 17.2. The highest BCUT2D eigenvalue weighted by atomic mass is 32.2. The van der Waals surface area contributed by atoms with Crippen molar-refractivity contribution < 1.29 is 38.3 Å². The molecule has 1 saturated heterocycles. The summed E-state index contributed by atoms with van der Waals surface area (Å²) < 4.78 is 21.4. The van der Waals surface area contributed by atoms with Gasteiger partial charge in [-0.3, -0.25) is 14.4 Å². The van der Waals surface area contributed by atoms with Crippen LogP contribution in [0.1, 0.15) is 20.8 Å². The first-order valence-electron chi connectivity index (χ1n) is 8.74. The molecule has 5 unspecified atom stereocenters. The molecule has 2 N–H and O–H groups in total. The standard InChI is InChI=1S/C17H21N3O9S/c1-8(21)26-7-12-15(27-9(2)22)14(18)16(28-10(3)23)17(29-12)30-11-4-5-19-13(6-11)20(24)25/h4-6,12,14-17H,7,18H2,1-3H3. The van der Waals surface area contributed by atoms with Crippen LogP contribution in [-0.4, -0.2) is 64.2 Å². The predicted molar refractivity (Wildman–Crippen MR) is 101 cm³/mol. The molecule has 12 nitrogen and oxygen atoms in total. The van der Waals surface area contributed by atoms with E-state index >= 15 is 0 Å². The molecule has 0 radical (unpaired) electrons. The normalized spacial score (nSPS) is 25.8. The molecule has 0 amide bonds. The van der Waals surface area contributed by atoms with Gasteiger partial charge in [0.25, 0.3) is 0 Å². The lowest BCUT2D eigenvalue weighted by atomic mass is 9.97. The van der Waals surface area contributed by atoms with Crippen LogP contribution in [0.4, 0.5) is 5.82 Å².